The maximum atomic E-state index is 12.7. The zero-order chi connectivity index (χ0) is 26.7. The molecule has 196 valence electrons. The van der Waals surface area contributed by atoms with E-state index in [9.17, 15) is 18.0 Å². The van der Waals surface area contributed by atoms with Crippen molar-refractivity contribution >= 4 is 22.5 Å². The number of nitrogens with one attached hydrogen (secondary N) is 2. The number of amides is 1. The molecule has 0 bridgehead atoms. The van der Waals surface area contributed by atoms with Gasteiger partial charge in [0.25, 0.3) is 0 Å². The summed E-state index contributed by atoms with van der Waals surface area (Å²) >= 11 is 0. The van der Waals surface area contributed by atoms with Gasteiger partial charge in [-0.3, -0.25) is 4.79 Å². The van der Waals surface area contributed by atoms with Gasteiger partial charge in [-0.15, -0.1) is 0 Å². The summed E-state index contributed by atoms with van der Waals surface area (Å²) in [6.45, 7) is 1.67. The SMILES string of the molecule is COc1cc2ncnc(-c3ccc(NC(=O)Cc4ccc(C(F)(F)F)cc4)cc3)c2cc1OC1CCNC1. The molecule has 38 heavy (non-hydrogen) atoms. The number of anilines is 1. The molecular formula is C28H25F3N4O3. The van der Waals surface area contributed by atoms with Crippen molar-refractivity contribution < 1.29 is 27.4 Å². The lowest BCUT2D eigenvalue weighted by atomic mass is 10.1. The van der Waals surface area contributed by atoms with Crippen LogP contribution in [0.2, 0.25) is 0 Å². The second-order valence-electron chi connectivity index (χ2n) is 8.97. The van der Waals surface area contributed by atoms with Crippen LogP contribution in [0.4, 0.5) is 18.9 Å². The van der Waals surface area contributed by atoms with Crippen molar-refractivity contribution in [3.63, 3.8) is 0 Å². The predicted octanol–water partition coefficient (Wildman–Crippen LogP) is 5.25. The molecule has 1 atom stereocenters. The van der Waals surface area contributed by atoms with Crippen molar-refractivity contribution in [3.05, 3.63) is 78.1 Å². The molecule has 1 aromatic heterocycles. The molecule has 1 saturated heterocycles. The molecule has 0 saturated carbocycles. The summed E-state index contributed by atoms with van der Waals surface area (Å²) in [7, 11) is 1.59. The van der Waals surface area contributed by atoms with E-state index in [0.29, 0.717) is 34.0 Å². The lowest BCUT2D eigenvalue weighted by Gasteiger charge is -2.17. The van der Waals surface area contributed by atoms with E-state index >= 15 is 0 Å². The van der Waals surface area contributed by atoms with Gasteiger partial charge in [0.05, 0.1) is 30.3 Å². The van der Waals surface area contributed by atoms with Gasteiger partial charge in [-0.2, -0.15) is 13.2 Å². The summed E-state index contributed by atoms with van der Waals surface area (Å²) < 4.78 is 50.0. The van der Waals surface area contributed by atoms with Gasteiger partial charge < -0.3 is 20.1 Å². The Balaban J connectivity index is 1.32. The minimum absolute atomic E-state index is 0.0441. The summed E-state index contributed by atoms with van der Waals surface area (Å²) in [4.78, 5) is 21.3. The number of fused-ring (bicyclic) bond motifs is 1. The smallest absolute Gasteiger partial charge is 0.416 e. The van der Waals surface area contributed by atoms with Crippen LogP contribution in [0.5, 0.6) is 11.5 Å². The number of rotatable bonds is 7. The van der Waals surface area contributed by atoms with Crippen molar-refractivity contribution in [1.29, 1.82) is 0 Å². The molecule has 7 nitrogen and oxygen atoms in total. The topological polar surface area (TPSA) is 85.4 Å². The Bertz CT molecular complexity index is 1440. The lowest BCUT2D eigenvalue weighted by Crippen LogP contribution is -2.19. The Kier molecular flexibility index (Phi) is 7.15. The zero-order valence-corrected chi connectivity index (χ0v) is 20.5. The standard InChI is InChI=1S/C28H25F3N4O3/c1-37-24-14-23-22(13-25(24)38-21-10-11-32-15-21)27(34-16-33-23)18-4-8-20(9-5-18)35-26(36)12-17-2-6-19(7-3-17)28(29,30)31/h2-9,13-14,16,21,32H,10-12,15H2,1H3,(H,35,36). The average Bonchev–Trinajstić information content (AvgIpc) is 3.41. The highest BCUT2D eigenvalue weighted by molar-refractivity contribution is 5.95. The number of hydrogen-bond donors (Lipinski definition) is 2. The number of alkyl halides is 3. The molecule has 5 rings (SSSR count). The van der Waals surface area contributed by atoms with Crippen molar-refractivity contribution in [1.82, 2.24) is 15.3 Å². The van der Waals surface area contributed by atoms with Crippen LogP contribution in [0.25, 0.3) is 22.2 Å². The van der Waals surface area contributed by atoms with E-state index in [1.165, 1.54) is 18.5 Å². The maximum absolute atomic E-state index is 12.7. The van der Waals surface area contributed by atoms with E-state index in [-0.39, 0.29) is 18.4 Å². The lowest BCUT2D eigenvalue weighted by molar-refractivity contribution is -0.137. The van der Waals surface area contributed by atoms with E-state index in [1.807, 2.05) is 24.3 Å². The van der Waals surface area contributed by atoms with E-state index in [2.05, 4.69) is 20.6 Å². The summed E-state index contributed by atoms with van der Waals surface area (Å²) in [5, 5.41) is 6.86. The van der Waals surface area contributed by atoms with Gasteiger partial charge >= 0.3 is 6.18 Å². The first-order valence-corrected chi connectivity index (χ1v) is 12.1. The summed E-state index contributed by atoms with van der Waals surface area (Å²) in [6.07, 6.45) is -2.01. The highest BCUT2D eigenvalue weighted by Crippen LogP contribution is 2.36. The second kappa shape index (κ2) is 10.7. The van der Waals surface area contributed by atoms with Crippen LogP contribution in [0.1, 0.15) is 17.5 Å². The number of methoxy groups -OCH3 is 1. The van der Waals surface area contributed by atoms with Gasteiger partial charge in [-0.25, -0.2) is 9.97 Å². The molecule has 2 heterocycles. The third-order valence-electron chi connectivity index (χ3n) is 6.32. The first-order chi connectivity index (χ1) is 18.3. The predicted molar refractivity (Wildman–Crippen MR) is 137 cm³/mol. The van der Waals surface area contributed by atoms with Crippen LogP contribution in [0.15, 0.2) is 67.0 Å². The van der Waals surface area contributed by atoms with Crippen LogP contribution in [-0.2, 0) is 17.4 Å². The molecule has 1 aliphatic rings. The fraction of sp³-hybridized carbons (Fsp3) is 0.250. The van der Waals surface area contributed by atoms with Crippen LogP contribution in [-0.4, -0.2) is 42.2 Å². The summed E-state index contributed by atoms with van der Waals surface area (Å²) in [5.74, 6) is 0.886. The molecule has 1 amide bonds. The quantitative estimate of drug-likeness (QED) is 0.345. The average molecular weight is 523 g/mol. The van der Waals surface area contributed by atoms with Gasteiger partial charge in [0.2, 0.25) is 5.91 Å². The summed E-state index contributed by atoms with van der Waals surface area (Å²) in [5.41, 5.74) is 2.52. The number of halogens is 3. The number of aromatic nitrogens is 2. The molecule has 0 aliphatic carbocycles. The Labute approximate surface area is 217 Å². The Morgan fingerprint density at radius 2 is 1.82 bits per heavy atom. The molecule has 1 unspecified atom stereocenters. The number of benzene rings is 3. The van der Waals surface area contributed by atoms with E-state index in [1.54, 1.807) is 19.2 Å². The first kappa shape index (κ1) is 25.5. The Hall–Kier alpha value is -4.18. The van der Waals surface area contributed by atoms with Crippen molar-refractivity contribution in [2.24, 2.45) is 0 Å². The molecule has 2 N–H and O–H groups in total. The van der Waals surface area contributed by atoms with Crippen LogP contribution in [0, 0.1) is 0 Å². The van der Waals surface area contributed by atoms with E-state index < -0.39 is 11.7 Å². The largest absolute Gasteiger partial charge is 0.493 e. The molecule has 0 spiro atoms. The van der Waals surface area contributed by atoms with Crippen LogP contribution < -0.4 is 20.1 Å². The van der Waals surface area contributed by atoms with E-state index in [4.69, 9.17) is 9.47 Å². The van der Waals surface area contributed by atoms with E-state index in [0.717, 1.165) is 42.6 Å². The monoisotopic (exact) mass is 522 g/mol. The first-order valence-electron chi connectivity index (χ1n) is 12.1. The molecule has 1 fully saturated rings. The van der Waals surface area contributed by atoms with Gasteiger partial charge in [0, 0.05) is 29.2 Å². The minimum atomic E-state index is -4.41. The van der Waals surface area contributed by atoms with Crippen LogP contribution in [0.3, 0.4) is 0 Å². The fourth-order valence-corrected chi connectivity index (χ4v) is 4.37. The second-order valence-corrected chi connectivity index (χ2v) is 8.97. The van der Waals surface area contributed by atoms with Gasteiger partial charge in [-0.1, -0.05) is 24.3 Å². The molecule has 0 radical (unpaired) electrons. The highest BCUT2D eigenvalue weighted by Gasteiger charge is 2.30. The van der Waals surface area contributed by atoms with Gasteiger partial charge in [0.15, 0.2) is 11.5 Å². The highest BCUT2D eigenvalue weighted by atomic mass is 19.4. The Morgan fingerprint density at radius 1 is 1.05 bits per heavy atom. The molecular weight excluding hydrogens is 497 g/mol. The molecule has 4 aromatic rings. The zero-order valence-electron chi connectivity index (χ0n) is 20.5. The number of hydrogen-bond acceptors (Lipinski definition) is 6. The molecule has 3 aromatic carbocycles. The van der Waals surface area contributed by atoms with Gasteiger partial charge in [-0.05, 0) is 48.9 Å². The number of nitrogens with zero attached hydrogens (tertiary/aromatic N) is 2. The molecule has 10 heteroatoms. The van der Waals surface area contributed by atoms with Crippen molar-refractivity contribution in [3.8, 4) is 22.8 Å². The molecule has 1 aliphatic heterocycles. The third-order valence-corrected chi connectivity index (χ3v) is 6.32. The maximum Gasteiger partial charge on any atom is 0.416 e. The van der Waals surface area contributed by atoms with Crippen LogP contribution >= 0.6 is 0 Å². The number of carbonyl (C=O) groups excluding carboxylic acids is 1. The minimum Gasteiger partial charge on any atom is -0.493 e. The number of ether oxygens (including phenoxy) is 2. The normalized spacial score (nSPS) is 15.4. The Morgan fingerprint density at radius 3 is 2.47 bits per heavy atom. The van der Waals surface area contributed by atoms with Gasteiger partial charge in [0.1, 0.15) is 12.4 Å². The number of carbonyl (C=O) groups is 1. The van der Waals surface area contributed by atoms with Crippen molar-refractivity contribution in [2.75, 3.05) is 25.5 Å². The third kappa shape index (κ3) is 5.70. The summed E-state index contributed by atoms with van der Waals surface area (Å²) in [6, 6.07) is 15.4. The fourth-order valence-electron chi connectivity index (χ4n) is 4.37. The van der Waals surface area contributed by atoms with Crippen molar-refractivity contribution in [2.45, 2.75) is 25.1 Å².